The van der Waals surface area contributed by atoms with E-state index < -0.39 is 0 Å². The van der Waals surface area contributed by atoms with Gasteiger partial charge in [-0.25, -0.2) is 4.79 Å². The van der Waals surface area contributed by atoms with Crippen LogP contribution in [0, 0.1) is 0 Å². The quantitative estimate of drug-likeness (QED) is 0.913. The van der Waals surface area contributed by atoms with E-state index in [1.54, 1.807) is 11.8 Å². The maximum absolute atomic E-state index is 12.5. The minimum Gasteiger partial charge on any atom is -0.450 e. The fourth-order valence-corrected chi connectivity index (χ4v) is 3.13. The van der Waals surface area contributed by atoms with Crippen LogP contribution in [0.5, 0.6) is 0 Å². The van der Waals surface area contributed by atoms with Gasteiger partial charge in [0.05, 0.1) is 6.61 Å². The fourth-order valence-electron chi connectivity index (χ4n) is 3.13. The number of nitrogens with zero attached hydrogens (tertiary/aromatic N) is 1. The van der Waals surface area contributed by atoms with Crippen LogP contribution in [0.4, 0.5) is 4.79 Å². The van der Waals surface area contributed by atoms with Gasteiger partial charge in [0.25, 0.3) is 5.91 Å². The van der Waals surface area contributed by atoms with Gasteiger partial charge in [0.15, 0.2) is 0 Å². The Morgan fingerprint density at radius 1 is 1.00 bits per heavy atom. The molecule has 1 aliphatic rings. The van der Waals surface area contributed by atoms with Crippen molar-refractivity contribution in [3.63, 3.8) is 0 Å². The number of ether oxygens (including phenoxy) is 1. The van der Waals surface area contributed by atoms with Gasteiger partial charge in [0.2, 0.25) is 0 Å². The molecule has 0 spiro atoms. The van der Waals surface area contributed by atoms with E-state index in [1.807, 2.05) is 54.6 Å². The van der Waals surface area contributed by atoms with Crippen molar-refractivity contribution in [1.82, 2.24) is 10.2 Å². The van der Waals surface area contributed by atoms with Crippen molar-refractivity contribution in [2.75, 3.05) is 19.7 Å². The minimum absolute atomic E-state index is 0.0702. The number of amides is 2. The molecule has 1 heterocycles. The van der Waals surface area contributed by atoms with Crippen molar-refractivity contribution < 1.29 is 14.3 Å². The van der Waals surface area contributed by atoms with Gasteiger partial charge in [-0.05, 0) is 43.0 Å². The molecule has 136 valence electrons. The first-order valence-electron chi connectivity index (χ1n) is 9.05. The van der Waals surface area contributed by atoms with E-state index >= 15 is 0 Å². The molecule has 2 aromatic rings. The highest BCUT2D eigenvalue weighted by Crippen LogP contribution is 2.19. The zero-order valence-corrected chi connectivity index (χ0v) is 15.0. The molecule has 1 aliphatic heterocycles. The van der Waals surface area contributed by atoms with Gasteiger partial charge in [-0.2, -0.15) is 0 Å². The van der Waals surface area contributed by atoms with E-state index in [9.17, 15) is 9.59 Å². The summed E-state index contributed by atoms with van der Waals surface area (Å²) >= 11 is 0. The smallest absolute Gasteiger partial charge is 0.409 e. The predicted octanol–water partition coefficient (Wildman–Crippen LogP) is 3.70. The third-order valence-electron chi connectivity index (χ3n) is 4.61. The van der Waals surface area contributed by atoms with Crippen molar-refractivity contribution >= 4 is 12.0 Å². The number of hydrogen-bond donors (Lipinski definition) is 1. The Balaban J connectivity index is 1.53. The summed E-state index contributed by atoms with van der Waals surface area (Å²) in [5.74, 6) is -0.0702. The number of hydrogen-bond acceptors (Lipinski definition) is 3. The molecule has 1 saturated heterocycles. The molecule has 2 aromatic carbocycles. The average Bonchev–Trinajstić information content (AvgIpc) is 2.69. The first-order valence-corrected chi connectivity index (χ1v) is 9.05. The molecule has 0 radical (unpaired) electrons. The fraction of sp³-hybridized carbons (Fsp3) is 0.333. The number of piperidine rings is 1. The summed E-state index contributed by atoms with van der Waals surface area (Å²) in [6, 6.07) is 17.8. The SMILES string of the molecule is CCOC(=O)N1CCC(NC(=O)c2ccc(-c3ccccc3)cc2)CC1. The lowest BCUT2D eigenvalue weighted by atomic mass is 10.0. The van der Waals surface area contributed by atoms with E-state index in [0.717, 1.165) is 24.0 Å². The van der Waals surface area contributed by atoms with Crippen LogP contribution in [-0.4, -0.2) is 42.6 Å². The van der Waals surface area contributed by atoms with Crippen molar-refractivity contribution in [3.8, 4) is 11.1 Å². The molecule has 0 saturated carbocycles. The lowest BCUT2D eigenvalue weighted by Gasteiger charge is -2.31. The molecule has 1 N–H and O–H groups in total. The van der Waals surface area contributed by atoms with Crippen LogP contribution in [0.15, 0.2) is 54.6 Å². The number of rotatable bonds is 4. The highest BCUT2D eigenvalue weighted by Gasteiger charge is 2.24. The van der Waals surface area contributed by atoms with Crippen LogP contribution < -0.4 is 5.32 Å². The maximum atomic E-state index is 12.5. The third kappa shape index (κ3) is 4.42. The second kappa shape index (κ2) is 8.52. The lowest BCUT2D eigenvalue weighted by molar-refractivity contribution is 0.0860. The second-order valence-electron chi connectivity index (χ2n) is 6.38. The molecule has 5 nitrogen and oxygen atoms in total. The van der Waals surface area contributed by atoms with Gasteiger partial charge < -0.3 is 15.0 Å². The minimum atomic E-state index is -0.270. The van der Waals surface area contributed by atoms with E-state index in [2.05, 4.69) is 5.32 Å². The lowest BCUT2D eigenvalue weighted by Crippen LogP contribution is -2.46. The highest BCUT2D eigenvalue weighted by atomic mass is 16.6. The average molecular weight is 352 g/mol. The number of nitrogens with one attached hydrogen (secondary N) is 1. The summed E-state index contributed by atoms with van der Waals surface area (Å²) in [5, 5.41) is 3.07. The van der Waals surface area contributed by atoms with Crippen LogP contribution in [0.2, 0.25) is 0 Å². The van der Waals surface area contributed by atoms with Crippen molar-refractivity contribution in [2.24, 2.45) is 0 Å². The van der Waals surface area contributed by atoms with E-state index in [4.69, 9.17) is 4.74 Å². The maximum Gasteiger partial charge on any atom is 0.409 e. The molecule has 2 amide bonds. The summed E-state index contributed by atoms with van der Waals surface area (Å²) in [4.78, 5) is 25.9. The van der Waals surface area contributed by atoms with E-state index in [-0.39, 0.29) is 18.0 Å². The Labute approximate surface area is 154 Å². The van der Waals surface area contributed by atoms with Gasteiger partial charge in [0.1, 0.15) is 0 Å². The number of benzene rings is 2. The summed E-state index contributed by atoms with van der Waals surface area (Å²) in [5.41, 5.74) is 2.87. The topological polar surface area (TPSA) is 58.6 Å². The van der Waals surface area contributed by atoms with Gasteiger partial charge in [-0.3, -0.25) is 4.79 Å². The molecule has 3 rings (SSSR count). The summed E-state index contributed by atoms with van der Waals surface area (Å²) in [7, 11) is 0. The van der Waals surface area contributed by atoms with Gasteiger partial charge >= 0.3 is 6.09 Å². The second-order valence-corrected chi connectivity index (χ2v) is 6.38. The number of likely N-dealkylation sites (tertiary alicyclic amines) is 1. The Morgan fingerprint density at radius 2 is 1.62 bits per heavy atom. The molecule has 5 heteroatoms. The van der Waals surface area contributed by atoms with Crippen LogP contribution in [0.1, 0.15) is 30.1 Å². The normalized spacial score (nSPS) is 14.7. The van der Waals surface area contributed by atoms with Crippen molar-refractivity contribution in [1.29, 1.82) is 0 Å². The van der Waals surface area contributed by atoms with E-state index in [1.165, 1.54) is 0 Å². The third-order valence-corrected chi connectivity index (χ3v) is 4.61. The Bertz CT molecular complexity index is 736. The van der Waals surface area contributed by atoms with Crippen LogP contribution in [0.25, 0.3) is 11.1 Å². The molecule has 0 atom stereocenters. The van der Waals surface area contributed by atoms with Crippen LogP contribution in [-0.2, 0) is 4.74 Å². The summed E-state index contributed by atoms with van der Waals surface area (Å²) in [6.07, 6.45) is 1.22. The van der Waals surface area contributed by atoms with Crippen molar-refractivity contribution in [3.05, 3.63) is 60.2 Å². The monoisotopic (exact) mass is 352 g/mol. The molecular weight excluding hydrogens is 328 g/mol. The Morgan fingerprint density at radius 3 is 2.23 bits per heavy atom. The molecule has 0 unspecified atom stereocenters. The number of carbonyl (C=O) groups is 2. The van der Waals surface area contributed by atoms with Gasteiger partial charge in [-0.15, -0.1) is 0 Å². The largest absolute Gasteiger partial charge is 0.450 e. The molecule has 26 heavy (non-hydrogen) atoms. The molecule has 0 aliphatic carbocycles. The summed E-state index contributed by atoms with van der Waals surface area (Å²) in [6.45, 7) is 3.40. The van der Waals surface area contributed by atoms with Crippen LogP contribution >= 0.6 is 0 Å². The van der Waals surface area contributed by atoms with Gasteiger partial charge in [-0.1, -0.05) is 42.5 Å². The standard InChI is InChI=1S/C21H24N2O3/c1-2-26-21(25)23-14-12-19(13-15-23)22-20(24)18-10-8-17(9-11-18)16-6-4-3-5-7-16/h3-11,19H,2,12-15H2,1H3,(H,22,24). The molecule has 1 fully saturated rings. The highest BCUT2D eigenvalue weighted by molar-refractivity contribution is 5.94. The molecular formula is C21H24N2O3. The Hall–Kier alpha value is -2.82. The zero-order valence-electron chi connectivity index (χ0n) is 15.0. The zero-order chi connectivity index (χ0) is 18.4. The van der Waals surface area contributed by atoms with Crippen molar-refractivity contribution in [2.45, 2.75) is 25.8 Å². The van der Waals surface area contributed by atoms with Crippen LogP contribution in [0.3, 0.4) is 0 Å². The predicted molar refractivity (Wildman–Crippen MR) is 101 cm³/mol. The van der Waals surface area contributed by atoms with E-state index in [0.29, 0.717) is 25.3 Å². The first-order chi connectivity index (χ1) is 12.7. The number of carbonyl (C=O) groups excluding carboxylic acids is 2. The summed E-state index contributed by atoms with van der Waals surface area (Å²) < 4.78 is 5.01. The molecule has 0 bridgehead atoms. The first kappa shape index (κ1) is 18.0. The molecule has 0 aromatic heterocycles. The Kier molecular flexibility index (Phi) is 5.89. The van der Waals surface area contributed by atoms with Gasteiger partial charge in [0, 0.05) is 24.7 Å².